The minimum Gasteiger partial charge on any atom is -0.416 e. The molecule has 1 nitrogen and oxygen atoms in total. The standard InChI is InChI=1S/C9H20OSi/c1-4-6-7-8-9-10-11(3)5-2/h5,11H,2,4,6-9H2,1,3H3. The van der Waals surface area contributed by atoms with Crippen molar-refractivity contribution in [2.75, 3.05) is 6.61 Å². The summed E-state index contributed by atoms with van der Waals surface area (Å²) in [7, 11) is -0.969. The molecule has 0 aromatic heterocycles. The van der Waals surface area contributed by atoms with Crippen LogP contribution in [0.3, 0.4) is 0 Å². The molecule has 0 aromatic carbocycles. The molecule has 0 aliphatic rings. The number of rotatable bonds is 7. The van der Waals surface area contributed by atoms with Gasteiger partial charge in [0.05, 0.1) is 0 Å². The van der Waals surface area contributed by atoms with E-state index in [2.05, 4.69) is 20.0 Å². The summed E-state index contributed by atoms with van der Waals surface area (Å²) in [4.78, 5) is 0. The molecule has 0 aliphatic carbocycles. The van der Waals surface area contributed by atoms with Gasteiger partial charge in [-0.2, -0.15) is 0 Å². The van der Waals surface area contributed by atoms with Crippen molar-refractivity contribution in [3.8, 4) is 0 Å². The van der Waals surface area contributed by atoms with Gasteiger partial charge in [0.2, 0.25) is 0 Å². The quantitative estimate of drug-likeness (QED) is 0.424. The van der Waals surface area contributed by atoms with Crippen LogP contribution in [0.2, 0.25) is 6.55 Å². The molecule has 0 fully saturated rings. The highest BCUT2D eigenvalue weighted by Gasteiger charge is 1.96. The second kappa shape index (κ2) is 8.02. The van der Waals surface area contributed by atoms with Gasteiger partial charge in [-0.05, 0) is 13.0 Å². The fourth-order valence-corrected chi connectivity index (χ4v) is 1.54. The summed E-state index contributed by atoms with van der Waals surface area (Å²) in [5.74, 6) is 0. The maximum atomic E-state index is 5.56. The van der Waals surface area contributed by atoms with E-state index in [1.807, 2.05) is 5.70 Å². The van der Waals surface area contributed by atoms with Crippen LogP contribution in [0.1, 0.15) is 32.6 Å². The van der Waals surface area contributed by atoms with Crippen molar-refractivity contribution >= 4 is 9.04 Å². The van der Waals surface area contributed by atoms with Gasteiger partial charge >= 0.3 is 0 Å². The maximum absolute atomic E-state index is 5.56. The van der Waals surface area contributed by atoms with Crippen molar-refractivity contribution in [3.63, 3.8) is 0 Å². The van der Waals surface area contributed by atoms with E-state index in [1.165, 1.54) is 25.7 Å². The minimum atomic E-state index is -0.969. The van der Waals surface area contributed by atoms with E-state index in [9.17, 15) is 0 Å². The lowest BCUT2D eigenvalue weighted by Crippen LogP contribution is -2.10. The van der Waals surface area contributed by atoms with Crippen LogP contribution in [0.15, 0.2) is 12.3 Å². The third-order valence-corrected chi connectivity index (χ3v) is 3.14. The third kappa shape index (κ3) is 7.82. The van der Waals surface area contributed by atoms with Crippen LogP contribution in [-0.4, -0.2) is 15.6 Å². The van der Waals surface area contributed by atoms with Crippen molar-refractivity contribution in [3.05, 3.63) is 12.3 Å². The molecule has 11 heavy (non-hydrogen) atoms. The van der Waals surface area contributed by atoms with Crippen LogP contribution < -0.4 is 0 Å². The summed E-state index contributed by atoms with van der Waals surface area (Å²) < 4.78 is 5.56. The van der Waals surface area contributed by atoms with Crippen LogP contribution in [0.4, 0.5) is 0 Å². The Balaban J connectivity index is 2.95. The van der Waals surface area contributed by atoms with E-state index in [4.69, 9.17) is 4.43 Å². The molecule has 0 radical (unpaired) electrons. The molecule has 0 aromatic rings. The number of hydrogen-bond donors (Lipinski definition) is 0. The predicted molar refractivity (Wildman–Crippen MR) is 53.3 cm³/mol. The molecule has 0 spiro atoms. The Kier molecular flexibility index (Phi) is 7.96. The van der Waals surface area contributed by atoms with Gasteiger partial charge in [-0.15, -0.1) is 6.58 Å². The fourth-order valence-electron chi connectivity index (χ4n) is 0.866. The van der Waals surface area contributed by atoms with Crippen molar-refractivity contribution < 1.29 is 4.43 Å². The SMILES string of the molecule is C=C[SiH](C)OCCCCCC. The van der Waals surface area contributed by atoms with E-state index in [1.54, 1.807) is 0 Å². The third-order valence-electron chi connectivity index (χ3n) is 1.71. The Bertz CT molecular complexity index is 93.6. The Hall–Kier alpha value is -0.0831. The molecular formula is C9H20OSi. The lowest BCUT2D eigenvalue weighted by molar-refractivity contribution is 0.315. The molecule has 0 N–H and O–H groups in total. The first-order chi connectivity index (χ1) is 5.31. The van der Waals surface area contributed by atoms with Gasteiger partial charge in [-0.3, -0.25) is 0 Å². The van der Waals surface area contributed by atoms with Gasteiger partial charge < -0.3 is 4.43 Å². The second-order valence-electron chi connectivity index (χ2n) is 2.87. The fraction of sp³-hybridized carbons (Fsp3) is 0.778. The topological polar surface area (TPSA) is 9.23 Å². The molecule has 66 valence electrons. The van der Waals surface area contributed by atoms with Crippen LogP contribution >= 0.6 is 0 Å². The molecule has 2 heteroatoms. The summed E-state index contributed by atoms with van der Waals surface area (Å²) in [5, 5.41) is 0. The van der Waals surface area contributed by atoms with E-state index in [0.29, 0.717) is 0 Å². The summed E-state index contributed by atoms with van der Waals surface area (Å²) in [6, 6.07) is 0. The average molecular weight is 172 g/mol. The van der Waals surface area contributed by atoms with Crippen molar-refractivity contribution in [2.24, 2.45) is 0 Å². The Morgan fingerprint density at radius 3 is 2.64 bits per heavy atom. The molecule has 0 heterocycles. The average Bonchev–Trinajstić information content (AvgIpc) is 2.04. The molecule has 0 saturated heterocycles. The summed E-state index contributed by atoms with van der Waals surface area (Å²) >= 11 is 0. The summed E-state index contributed by atoms with van der Waals surface area (Å²) in [6.07, 6.45) is 5.18. The first kappa shape index (κ1) is 10.9. The molecule has 0 aliphatic heterocycles. The van der Waals surface area contributed by atoms with Gasteiger partial charge in [-0.1, -0.05) is 31.9 Å². The lowest BCUT2D eigenvalue weighted by atomic mass is 10.2. The van der Waals surface area contributed by atoms with Crippen LogP contribution in [0.5, 0.6) is 0 Å². The Morgan fingerprint density at radius 2 is 2.09 bits per heavy atom. The van der Waals surface area contributed by atoms with Gasteiger partial charge in [0.1, 0.15) is 0 Å². The largest absolute Gasteiger partial charge is 0.416 e. The van der Waals surface area contributed by atoms with Gasteiger partial charge in [0.15, 0.2) is 9.04 Å². The summed E-state index contributed by atoms with van der Waals surface area (Å²) in [6.45, 7) is 9.04. The van der Waals surface area contributed by atoms with Crippen LogP contribution in [0.25, 0.3) is 0 Å². The monoisotopic (exact) mass is 172 g/mol. The van der Waals surface area contributed by atoms with Crippen molar-refractivity contribution in [1.29, 1.82) is 0 Å². The maximum Gasteiger partial charge on any atom is 0.197 e. The zero-order chi connectivity index (χ0) is 8.53. The first-order valence-corrected chi connectivity index (χ1v) is 6.84. The normalized spacial score (nSPS) is 12.9. The van der Waals surface area contributed by atoms with Gasteiger partial charge in [-0.25, -0.2) is 0 Å². The second-order valence-corrected chi connectivity index (χ2v) is 5.09. The van der Waals surface area contributed by atoms with Crippen LogP contribution in [-0.2, 0) is 4.43 Å². The van der Waals surface area contributed by atoms with Gasteiger partial charge in [0.25, 0.3) is 0 Å². The lowest BCUT2D eigenvalue weighted by Gasteiger charge is -2.05. The number of hydrogen-bond acceptors (Lipinski definition) is 1. The molecule has 0 rings (SSSR count). The van der Waals surface area contributed by atoms with E-state index >= 15 is 0 Å². The predicted octanol–water partition coefficient (Wildman–Crippen LogP) is 2.66. The number of unbranched alkanes of at least 4 members (excludes halogenated alkanes) is 3. The van der Waals surface area contributed by atoms with E-state index < -0.39 is 9.04 Å². The minimum absolute atomic E-state index is 0.944. The van der Waals surface area contributed by atoms with E-state index in [-0.39, 0.29) is 0 Å². The summed E-state index contributed by atoms with van der Waals surface area (Å²) in [5.41, 5.74) is 1.97. The molecule has 1 unspecified atom stereocenters. The Morgan fingerprint density at radius 1 is 1.36 bits per heavy atom. The molecule has 0 saturated carbocycles. The molecule has 1 atom stereocenters. The Labute approximate surface area is 72.2 Å². The highest BCUT2D eigenvalue weighted by molar-refractivity contribution is 6.55. The molecule has 0 bridgehead atoms. The molecular weight excluding hydrogens is 152 g/mol. The van der Waals surface area contributed by atoms with E-state index in [0.717, 1.165) is 6.61 Å². The molecule has 0 amide bonds. The van der Waals surface area contributed by atoms with Crippen molar-refractivity contribution in [2.45, 2.75) is 39.2 Å². The smallest absolute Gasteiger partial charge is 0.197 e. The zero-order valence-electron chi connectivity index (χ0n) is 7.81. The zero-order valence-corrected chi connectivity index (χ0v) is 8.96. The van der Waals surface area contributed by atoms with Crippen LogP contribution in [0, 0.1) is 0 Å². The van der Waals surface area contributed by atoms with Gasteiger partial charge in [0, 0.05) is 6.61 Å². The van der Waals surface area contributed by atoms with Crippen molar-refractivity contribution in [1.82, 2.24) is 0 Å². The first-order valence-electron chi connectivity index (χ1n) is 4.55. The highest BCUT2D eigenvalue weighted by atomic mass is 28.3. The highest BCUT2D eigenvalue weighted by Crippen LogP contribution is 1.99.